The highest BCUT2D eigenvalue weighted by atomic mass is 19.2. The average Bonchev–Trinajstić information content (AvgIpc) is 3.36. The van der Waals surface area contributed by atoms with Gasteiger partial charge in [0.25, 0.3) is 5.69 Å². The minimum Gasteiger partial charge on any atom is -0.418 e. The summed E-state index contributed by atoms with van der Waals surface area (Å²) in [5.74, 6) is -72.3. The molecule has 1 heterocycles. The predicted molar refractivity (Wildman–Crippen MR) is 202 cm³/mol. The first-order valence-electron chi connectivity index (χ1n) is 18.9. The van der Waals surface area contributed by atoms with Crippen LogP contribution in [0.1, 0.15) is 20.8 Å². The number of benzene rings is 6. The van der Waals surface area contributed by atoms with Crippen LogP contribution in [0.4, 0.5) is 93.5 Å². The molecule has 6 aromatic carbocycles. The molecule has 0 saturated carbocycles. The van der Waals surface area contributed by atoms with E-state index in [4.69, 9.17) is 4.74 Å². The van der Waals surface area contributed by atoms with Gasteiger partial charge in [0.15, 0.2) is 76.0 Å². The molecule has 0 unspecified atom stereocenters. The largest absolute Gasteiger partial charge is 0.418 e. The summed E-state index contributed by atoms with van der Waals surface area (Å²) in [7, 11) is 0. The summed E-state index contributed by atoms with van der Waals surface area (Å²) in [6, 6.07) is 14.0. The molecule has 0 saturated heterocycles. The molecule has 0 bridgehead atoms. The highest BCUT2D eigenvalue weighted by Gasteiger charge is 2.52. The maximum atomic E-state index is 15.4. The minimum absolute atomic E-state index is 0.0268. The normalized spacial score (nSPS) is 11.3. The smallest absolute Gasteiger partial charge is 0.410 e. The van der Waals surface area contributed by atoms with E-state index >= 15 is 35.1 Å². The van der Waals surface area contributed by atoms with Crippen molar-refractivity contribution < 1.29 is 112 Å². The molecular weight excluding hydrogens is 1030 g/mol. The van der Waals surface area contributed by atoms with E-state index in [0.29, 0.717) is 5.56 Å². The van der Waals surface area contributed by atoms with E-state index in [2.05, 4.69) is 4.98 Å². The first-order valence-corrected chi connectivity index (χ1v) is 18.9. The van der Waals surface area contributed by atoms with Crippen LogP contribution in [0.2, 0.25) is 0 Å². The van der Waals surface area contributed by atoms with E-state index < -0.39 is 155 Å². The third-order valence-corrected chi connectivity index (χ3v) is 10.4. The first-order chi connectivity index (χ1) is 33.7. The molecule has 7 aromatic rings. The summed E-state index contributed by atoms with van der Waals surface area (Å²) in [4.78, 5) is 39.0. The number of ether oxygens (including phenoxy) is 1. The van der Waals surface area contributed by atoms with Crippen molar-refractivity contribution in [2.75, 3.05) is 0 Å². The van der Waals surface area contributed by atoms with Crippen LogP contribution in [-0.4, -0.2) is 27.8 Å². The van der Waals surface area contributed by atoms with Gasteiger partial charge in [-0.3, -0.25) is 19.9 Å². The number of hydrogen-bond acceptors (Lipinski definition) is 6. The fourth-order valence-corrected chi connectivity index (χ4v) is 7.26. The Bertz CT molecular complexity index is 3020. The van der Waals surface area contributed by atoms with Crippen molar-refractivity contribution in [3.8, 4) is 5.75 Å². The molecule has 0 fully saturated rings. The summed E-state index contributed by atoms with van der Waals surface area (Å²) in [5.41, 5.74) is -14.0. The van der Waals surface area contributed by atoms with Gasteiger partial charge in [0.2, 0.25) is 12.3 Å². The zero-order valence-corrected chi connectivity index (χ0v) is 34.2. The number of aromatic nitrogens is 2. The second-order valence-corrected chi connectivity index (χ2v) is 14.3. The van der Waals surface area contributed by atoms with Crippen LogP contribution in [0, 0.1) is 126 Å². The van der Waals surface area contributed by atoms with Crippen LogP contribution in [0.5, 0.6) is 5.75 Å². The van der Waals surface area contributed by atoms with Crippen LogP contribution < -0.4 is 31.2 Å². The predicted octanol–water partition coefficient (Wildman–Crippen LogP) is 8.23. The zero-order chi connectivity index (χ0) is 53.6. The van der Waals surface area contributed by atoms with E-state index in [1.807, 2.05) is 0 Å². The quantitative estimate of drug-likeness (QED) is 0.0131. The molecule has 29 heteroatoms. The number of halogens is 20. The lowest BCUT2D eigenvalue weighted by Gasteiger charge is -2.44. The van der Waals surface area contributed by atoms with E-state index in [9.17, 15) is 72.4 Å². The van der Waals surface area contributed by atoms with Gasteiger partial charge in [0.05, 0.1) is 17.2 Å². The van der Waals surface area contributed by atoms with Crippen molar-refractivity contribution in [3.05, 3.63) is 211 Å². The van der Waals surface area contributed by atoms with Crippen molar-refractivity contribution in [2.24, 2.45) is 0 Å². The van der Waals surface area contributed by atoms with Gasteiger partial charge in [0.1, 0.15) is 64.6 Å². The molecule has 0 atom stereocenters. The number of nitro groups is 1. The summed E-state index contributed by atoms with van der Waals surface area (Å²) < 4.78 is 301. The molecule has 0 aliphatic rings. The van der Waals surface area contributed by atoms with Gasteiger partial charge in [-0.1, -0.05) is 36.4 Å². The topological polar surface area (TPSA) is 103 Å². The highest BCUT2D eigenvalue weighted by molar-refractivity contribution is 7.20. The monoisotopic (exact) mass is 1040 g/mol. The molecule has 374 valence electrons. The van der Waals surface area contributed by atoms with Gasteiger partial charge >= 0.3 is 11.7 Å². The number of non-ortho nitro benzene ring substituents is 1. The van der Waals surface area contributed by atoms with E-state index in [0.717, 1.165) is 6.07 Å². The summed E-state index contributed by atoms with van der Waals surface area (Å²) >= 11 is 0. The summed E-state index contributed by atoms with van der Waals surface area (Å²) in [5, 5.41) is 10.8. The Kier molecular flexibility index (Phi) is 14.8. The molecule has 8 nitrogen and oxygen atoms in total. The number of nitrogens with zero attached hydrogens (tertiary/aromatic N) is 3. The minimum atomic E-state index is -7.22. The van der Waals surface area contributed by atoms with Crippen LogP contribution in [0.3, 0.4) is 0 Å². The number of carbonyl (C=O) groups excluding carboxylic acids is 2. The number of rotatable bonds is 10. The number of carbonyl (C=O) groups is 2. The molecular formula is C43H14BF20N3O5. The lowest BCUT2D eigenvalue weighted by molar-refractivity contribution is -0.686. The van der Waals surface area contributed by atoms with Crippen molar-refractivity contribution in [3.63, 3.8) is 0 Å². The molecule has 0 aliphatic heterocycles. The van der Waals surface area contributed by atoms with Crippen LogP contribution >= 0.6 is 0 Å². The first kappa shape index (κ1) is 53.0. The third-order valence-electron chi connectivity index (χ3n) is 10.4. The van der Waals surface area contributed by atoms with E-state index in [-0.39, 0.29) is 29.5 Å². The highest BCUT2D eigenvalue weighted by Crippen LogP contribution is 2.31. The Morgan fingerprint density at radius 3 is 1.19 bits per heavy atom. The number of Topliss-reactive ketones (excluding diaryl/α,β-unsaturated/α-hetero) is 1. The lowest BCUT2D eigenvalue weighted by Crippen LogP contribution is -2.81. The van der Waals surface area contributed by atoms with Crippen molar-refractivity contribution in [1.29, 1.82) is 0 Å². The molecule has 7 rings (SSSR count). The SMILES string of the molecule is Fc1c(F)c(F)c([B-](c2c(F)c(F)c(F)c(F)c2F)(c2c(F)c(F)c(F)c(F)c2F)c2c(F)c(F)c(F)c(F)c2F)c(F)c1F.O=C(C[n+]1ccncc1C(=O)Oc1cccc([N+](=O)[O-])c1)c1ccccc1. The van der Waals surface area contributed by atoms with E-state index in [1.54, 1.807) is 30.3 Å². The molecule has 72 heavy (non-hydrogen) atoms. The van der Waals surface area contributed by atoms with Crippen LogP contribution in [-0.2, 0) is 6.54 Å². The van der Waals surface area contributed by atoms with Crippen LogP contribution in [0.25, 0.3) is 0 Å². The van der Waals surface area contributed by atoms with Crippen molar-refractivity contribution in [2.45, 2.75) is 6.54 Å². The number of esters is 1. The molecule has 0 radical (unpaired) electrons. The Hall–Kier alpha value is -8.40. The fraction of sp³-hybridized carbons (Fsp3) is 0.0233. The van der Waals surface area contributed by atoms with Gasteiger partial charge in [-0.05, 0) is 6.07 Å². The molecule has 0 spiro atoms. The summed E-state index contributed by atoms with van der Waals surface area (Å²) in [6.07, 6.45) is -3.00. The van der Waals surface area contributed by atoms with Gasteiger partial charge in [-0.15, -0.1) is 21.9 Å². The van der Waals surface area contributed by atoms with Gasteiger partial charge in [-0.25, -0.2) is 92.6 Å². The van der Waals surface area contributed by atoms with Crippen molar-refractivity contribution >= 4 is 45.4 Å². The Morgan fingerprint density at radius 2 is 0.847 bits per heavy atom. The number of nitro benzene ring substituents is 1. The number of ketones is 1. The number of hydrogen-bond donors (Lipinski definition) is 0. The van der Waals surface area contributed by atoms with Crippen LogP contribution in [0.15, 0.2) is 73.2 Å². The standard InChI is InChI=1S/C24BF20.C19H14N3O5/c26-5-1(6(27)14(35)21(42)13(5)34)25(2-7(28)15(36)22(43)16(37)8(2)29,3-9(30)17(38)23(44)18(39)10(3)31)4-11(32)19(40)24(45)20(41)12(4)33;23-18(14-5-2-1-3-6-14)13-21-10-9-20-12-17(21)19(24)27-16-8-4-7-15(11-16)22(25)26/h;1-12H,13H2/q-1;+1. The van der Waals surface area contributed by atoms with Gasteiger partial charge in [0, 0.05) is 11.6 Å². The Morgan fingerprint density at radius 1 is 0.500 bits per heavy atom. The lowest BCUT2D eigenvalue weighted by atomic mass is 9.12. The van der Waals surface area contributed by atoms with Gasteiger partial charge < -0.3 is 4.74 Å². The molecule has 0 amide bonds. The molecule has 0 N–H and O–H groups in total. The summed E-state index contributed by atoms with van der Waals surface area (Å²) in [6.45, 7) is -0.0775. The van der Waals surface area contributed by atoms with Gasteiger partial charge in [-0.2, -0.15) is 4.57 Å². The second kappa shape index (κ2) is 20.1. The average molecular weight is 1040 g/mol. The Balaban J connectivity index is 0.000000266. The Labute approximate surface area is 385 Å². The third kappa shape index (κ3) is 8.77. The van der Waals surface area contributed by atoms with Crippen molar-refractivity contribution in [1.82, 2.24) is 4.98 Å². The maximum Gasteiger partial charge on any atom is 0.410 e. The zero-order valence-electron chi connectivity index (χ0n) is 34.2. The fourth-order valence-electron chi connectivity index (χ4n) is 7.26. The molecule has 0 aliphatic carbocycles. The van der Waals surface area contributed by atoms with E-state index in [1.165, 1.54) is 41.4 Å². The maximum absolute atomic E-state index is 15.4. The molecule has 1 aromatic heterocycles. The second-order valence-electron chi connectivity index (χ2n) is 14.3.